The molecule has 4 rings (SSSR count). The van der Waals surface area contributed by atoms with Gasteiger partial charge in [0, 0.05) is 17.1 Å². The Kier molecular flexibility index (Phi) is 7.38. The number of nitrogens with zero attached hydrogens (tertiary/aromatic N) is 5. The molecule has 0 radical (unpaired) electrons. The summed E-state index contributed by atoms with van der Waals surface area (Å²) in [4.78, 5) is 21.7. The molecule has 10 heteroatoms. The molecule has 1 amide bonds. The van der Waals surface area contributed by atoms with Crippen LogP contribution in [-0.2, 0) is 11.3 Å². The number of carbonyl (C=O) groups is 1. The van der Waals surface area contributed by atoms with Gasteiger partial charge in [-0.05, 0) is 69.2 Å². The molecule has 0 spiro atoms. The van der Waals surface area contributed by atoms with E-state index in [4.69, 9.17) is 17.0 Å². The van der Waals surface area contributed by atoms with Crippen molar-refractivity contribution in [2.45, 2.75) is 44.6 Å². The number of aryl methyl sites for hydroxylation is 4. The molecule has 3 heterocycles. The molecule has 3 aromatic heterocycles. The van der Waals surface area contributed by atoms with Crippen LogP contribution in [0, 0.1) is 27.7 Å². The molecular formula is C24H26N6O2S2. The van der Waals surface area contributed by atoms with Crippen LogP contribution in [0.15, 0.2) is 52.2 Å². The zero-order valence-corrected chi connectivity index (χ0v) is 21.2. The molecule has 4 aromatic rings. The minimum absolute atomic E-state index is 0.123. The molecule has 176 valence electrons. The molecule has 0 aliphatic heterocycles. The van der Waals surface area contributed by atoms with Crippen LogP contribution in [-0.4, -0.2) is 36.4 Å². The van der Waals surface area contributed by atoms with Crippen molar-refractivity contribution in [2.75, 3.05) is 11.1 Å². The normalized spacial score (nSPS) is 12.0. The number of furan rings is 1. The summed E-state index contributed by atoms with van der Waals surface area (Å²) < 4.78 is 7.44. The van der Waals surface area contributed by atoms with E-state index in [9.17, 15) is 4.79 Å². The van der Waals surface area contributed by atoms with Gasteiger partial charge in [-0.25, -0.2) is 9.97 Å². The van der Waals surface area contributed by atoms with Gasteiger partial charge in [-0.3, -0.25) is 9.36 Å². The number of amides is 1. The van der Waals surface area contributed by atoms with E-state index in [1.165, 1.54) is 17.3 Å². The average molecular weight is 495 g/mol. The number of nitrogens with one attached hydrogen (secondary N) is 1. The van der Waals surface area contributed by atoms with Crippen molar-refractivity contribution in [3.8, 4) is 0 Å². The van der Waals surface area contributed by atoms with Crippen LogP contribution in [0.25, 0.3) is 0 Å². The fourth-order valence-corrected chi connectivity index (χ4v) is 4.50. The Labute approximate surface area is 208 Å². The first-order valence-electron chi connectivity index (χ1n) is 10.8. The van der Waals surface area contributed by atoms with E-state index in [0.717, 1.165) is 28.4 Å². The number of thioether (sulfide) groups is 1. The summed E-state index contributed by atoms with van der Waals surface area (Å²) in [6.07, 6.45) is 1.62. The van der Waals surface area contributed by atoms with E-state index in [1.807, 2.05) is 68.7 Å². The maximum atomic E-state index is 12.6. The minimum Gasteiger partial charge on any atom is -0.467 e. The van der Waals surface area contributed by atoms with Crippen molar-refractivity contribution in [3.05, 3.63) is 82.6 Å². The van der Waals surface area contributed by atoms with Crippen LogP contribution >= 0.6 is 24.4 Å². The highest BCUT2D eigenvalue weighted by molar-refractivity contribution is 7.99. The zero-order valence-electron chi connectivity index (χ0n) is 19.4. The van der Waals surface area contributed by atoms with Crippen molar-refractivity contribution >= 4 is 36.0 Å². The van der Waals surface area contributed by atoms with Crippen LogP contribution in [0.4, 0.5) is 5.69 Å². The maximum absolute atomic E-state index is 12.6. The molecule has 0 bridgehead atoms. The summed E-state index contributed by atoms with van der Waals surface area (Å²) in [5.41, 5.74) is 4.79. The lowest BCUT2D eigenvalue weighted by molar-refractivity contribution is -0.113. The Balaban J connectivity index is 1.55. The molecule has 34 heavy (non-hydrogen) atoms. The molecule has 0 aliphatic rings. The van der Waals surface area contributed by atoms with Crippen LogP contribution in [0.5, 0.6) is 0 Å². The fraction of sp³-hybridized carbons (Fsp3) is 0.292. The second kappa shape index (κ2) is 10.4. The highest BCUT2D eigenvalue weighted by atomic mass is 32.2. The first-order chi connectivity index (χ1) is 16.3. The maximum Gasteiger partial charge on any atom is 0.234 e. The topological polar surface area (TPSA) is 98.7 Å². The van der Waals surface area contributed by atoms with Gasteiger partial charge in [0.2, 0.25) is 5.91 Å². The van der Waals surface area contributed by atoms with Gasteiger partial charge < -0.3 is 9.73 Å². The molecule has 1 aromatic carbocycles. The second-order valence-corrected chi connectivity index (χ2v) is 9.51. The fourth-order valence-electron chi connectivity index (χ4n) is 3.45. The number of carbonyl (C=O) groups excluding carboxylic acids is 1. The van der Waals surface area contributed by atoms with Crippen LogP contribution < -0.4 is 5.32 Å². The molecule has 0 fully saturated rings. The van der Waals surface area contributed by atoms with Crippen LogP contribution in [0.3, 0.4) is 0 Å². The van der Waals surface area contributed by atoms with Crippen molar-refractivity contribution < 1.29 is 9.21 Å². The van der Waals surface area contributed by atoms with E-state index in [2.05, 4.69) is 25.5 Å². The summed E-state index contributed by atoms with van der Waals surface area (Å²) in [6, 6.07) is 11.5. The molecule has 1 N–H and O–H groups in total. The van der Waals surface area contributed by atoms with Crippen molar-refractivity contribution in [1.29, 1.82) is 0 Å². The summed E-state index contributed by atoms with van der Waals surface area (Å²) in [5, 5.41) is 11.8. The Hall–Kier alpha value is -3.11. The lowest BCUT2D eigenvalue weighted by Gasteiger charge is -2.13. The predicted molar refractivity (Wildman–Crippen MR) is 135 cm³/mol. The summed E-state index contributed by atoms with van der Waals surface area (Å²) in [5.74, 6) is 1.94. The predicted octanol–water partition coefficient (Wildman–Crippen LogP) is 4.69. The zero-order chi connectivity index (χ0) is 24.2. The van der Waals surface area contributed by atoms with E-state index >= 15 is 0 Å². The van der Waals surface area contributed by atoms with Gasteiger partial charge in [-0.15, -0.1) is 10.2 Å². The first kappa shape index (κ1) is 24.0. The van der Waals surface area contributed by atoms with Gasteiger partial charge in [-0.2, -0.15) is 12.6 Å². The SMILES string of the molecule is Cc1cc(C)nc(C(S)c2nnc(SCC(=O)Nc3ccc(C)c(C)c3)n2Cc2ccco2)n1. The Bertz CT molecular complexity index is 1280. The second-order valence-electron chi connectivity index (χ2n) is 8.05. The van der Waals surface area contributed by atoms with Gasteiger partial charge in [0.1, 0.15) is 16.8 Å². The number of aromatic nitrogens is 5. The van der Waals surface area contributed by atoms with Crippen molar-refractivity contribution in [2.24, 2.45) is 0 Å². The molecule has 8 nitrogen and oxygen atoms in total. The van der Waals surface area contributed by atoms with Gasteiger partial charge >= 0.3 is 0 Å². The number of rotatable bonds is 8. The van der Waals surface area contributed by atoms with Crippen molar-refractivity contribution in [3.63, 3.8) is 0 Å². The Morgan fingerprint density at radius 3 is 2.53 bits per heavy atom. The van der Waals surface area contributed by atoms with E-state index in [1.54, 1.807) is 6.26 Å². The molecule has 1 atom stereocenters. The van der Waals surface area contributed by atoms with Gasteiger partial charge in [0.15, 0.2) is 11.0 Å². The van der Waals surface area contributed by atoms with E-state index in [-0.39, 0.29) is 11.7 Å². The Morgan fingerprint density at radius 2 is 1.85 bits per heavy atom. The highest BCUT2D eigenvalue weighted by Crippen LogP contribution is 2.29. The smallest absolute Gasteiger partial charge is 0.234 e. The first-order valence-corrected chi connectivity index (χ1v) is 12.3. The molecular weight excluding hydrogens is 468 g/mol. The lowest BCUT2D eigenvalue weighted by atomic mass is 10.1. The van der Waals surface area contributed by atoms with E-state index in [0.29, 0.717) is 23.4 Å². The Morgan fingerprint density at radius 1 is 1.09 bits per heavy atom. The molecule has 0 aliphatic carbocycles. The number of benzene rings is 1. The monoisotopic (exact) mass is 494 g/mol. The number of thiol groups is 1. The van der Waals surface area contributed by atoms with Crippen LogP contribution in [0.2, 0.25) is 0 Å². The highest BCUT2D eigenvalue weighted by Gasteiger charge is 2.24. The van der Waals surface area contributed by atoms with Gasteiger partial charge in [0.25, 0.3) is 0 Å². The van der Waals surface area contributed by atoms with Crippen molar-refractivity contribution in [1.82, 2.24) is 24.7 Å². The standard InChI is InChI=1S/C24H26N6O2S2/c1-14-7-8-18(10-15(14)2)27-20(31)13-34-24-29-28-23(30(24)12-19-6-5-9-32-19)21(33)22-25-16(3)11-17(4)26-22/h5-11,21,33H,12-13H2,1-4H3,(H,27,31). The summed E-state index contributed by atoms with van der Waals surface area (Å²) in [7, 11) is 0. The third-order valence-corrected chi connectivity index (χ3v) is 6.68. The quantitative estimate of drug-likeness (QED) is 0.271. The third-order valence-electron chi connectivity index (χ3n) is 5.25. The van der Waals surface area contributed by atoms with Gasteiger partial charge in [-0.1, -0.05) is 17.8 Å². The third kappa shape index (κ3) is 5.68. The minimum atomic E-state index is -0.486. The molecule has 0 saturated carbocycles. The van der Waals surface area contributed by atoms with Gasteiger partial charge in [0.05, 0.1) is 18.6 Å². The number of hydrogen-bond acceptors (Lipinski definition) is 8. The summed E-state index contributed by atoms with van der Waals surface area (Å²) in [6.45, 7) is 8.30. The number of hydrogen-bond donors (Lipinski definition) is 2. The average Bonchev–Trinajstić information content (AvgIpc) is 3.44. The lowest BCUT2D eigenvalue weighted by Crippen LogP contribution is -2.15. The van der Waals surface area contributed by atoms with Crippen LogP contribution in [0.1, 0.15) is 45.2 Å². The summed E-state index contributed by atoms with van der Waals surface area (Å²) >= 11 is 6.07. The van der Waals surface area contributed by atoms with E-state index < -0.39 is 5.25 Å². The number of anilines is 1. The molecule has 0 saturated heterocycles. The molecule has 1 unspecified atom stereocenters. The largest absolute Gasteiger partial charge is 0.467 e.